The summed E-state index contributed by atoms with van der Waals surface area (Å²) in [5.74, 6) is 1.97. The van der Waals surface area contributed by atoms with Gasteiger partial charge in [-0.3, -0.25) is 14.6 Å². The van der Waals surface area contributed by atoms with Crippen LogP contribution < -0.4 is 9.62 Å². The van der Waals surface area contributed by atoms with E-state index in [9.17, 15) is 12.8 Å². The standard InChI is InChI=1S/C24H21ClFN7O3S/c1-2-6-31-7-9-32(10-8-31)18-12-17(13-27-14-18)22-15-33(30-28-22)24-20(26)3-4-21(23(24)25)29-37(34,35)19-5-11-36-16-19/h1,3-5,11-16,29H,6-10H2. The quantitative estimate of drug-likeness (QED) is 0.355. The van der Waals surface area contributed by atoms with Crippen molar-refractivity contribution in [3.8, 4) is 29.3 Å². The molecule has 0 atom stereocenters. The van der Waals surface area contributed by atoms with Crippen molar-refractivity contribution in [2.75, 3.05) is 42.3 Å². The van der Waals surface area contributed by atoms with Gasteiger partial charge in [0.15, 0.2) is 5.82 Å². The number of anilines is 2. The molecule has 190 valence electrons. The lowest BCUT2D eigenvalue weighted by Gasteiger charge is -2.35. The summed E-state index contributed by atoms with van der Waals surface area (Å²) in [6.07, 6.45) is 12.6. The van der Waals surface area contributed by atoms with Crippen LogP contribution in [0.5, 0.6) is 0 Å². The molecule has 10 nitrogen and oxygen atoms in total. The normalized spacial score (nSPS) is 14.5. The number of sulfonamides is 1. The van der Waals surface area contributed by atoms with E-state index in [2.05, 4.69) is 35.7 Å². The zero-order valence-corrected chi connectivity index (χ0v) is 21.0. The first-order valence-electron chi connectivity index (χ1n) is 11.2. The lowest BCUT2D eigenvalue weighted by atomic mass is 10.2. The van der Waals surface area contributed by atoms with Gasteiger partial charge in [0.2, 0.25) is 0 Å². The van der Waals surface area contributed by atoms with E-state index in [1.807, 2.05) is 6.07 Å². The summed E-state index contributed by atoms with van der Waals surface area (Å²) in [7, 11) is -3.99. The van der Waals surface area contributed by atoms with E-state index in [1.165, 1.54) is 24.6 Å². The molecule has 13 heteroatoms. The predicted molar refractivity (Wildman–Crippen MR) is 137 cm³/mol. The molecular weight excluding hydrogens is 521 g/mol. The number of pyridine rings is 1. The summed E-state index contributed by atoms with van der Waals surface area (Å²) in [6.45, 7) is 3.94. The van der Waals surface area contributed by atoms with Crippen molar-refractivity contribution in [2.45, 2.75) is 4.90 Å². The minimum atomic E-state index is -3.99. The lowest BCUT2D eigenvalue weighted by molar-refractivity contribution is 0.288. The van der Waals surface area contributed by atoms with Crippen molar-refractivity contribution in [3.05, 3.63) is 66.2 Å². The van der Waals surface area contributed by atoms with Gasteiger partial charge in [-0.2, -0.15) is 0 Å². The van der Waals surface area contributed by atoms with E-state index in [-0.39, 0.29) is 21.3 Å². The highest BCUT2D eigenvalue weighted by Crippen LogP contribution is 2.33. The number of hydrogen-bond acceptors (Lipinski definition) is 8. The first-order valence-corrected chi connectivity index (χ1v) is 13.0. The van der Waals surface area contributed by atoms with Gasteiger partial charge in [-0.25, -0.2) is 17.5 Å². The van der Waals surface area contributed by atoms with Gasteiger partial charge in [-0.05, 0) is 24.3 Å². The number of furan rings is 1. The maximum Gasteiger partial charge on any atom is 0.265 e. The molecule has 0 unspecified atom stereocenters. The van der Waals surface area contributed by atoms with Crippen LogP contribution in [-0.2, 0) is 10.0 Å². The molecule has 0 radical (unpaired) electrons. The molecule has 0 aliphatic carbocycles. The van der Waals surface area contributed by atoms with E-state index in [4.69, 9.17) is 22.4 Å². The molecule has 1 N–H and O–H groups in total. The third-order valence-corrected chi connectivity index (χ3v) is 7.64. The fourth-order valence-corrected chi connectivity index (χ4v) is 5.32. The summed E-state index contributed by atoms with van der Waals surface area (Å²) in [4.78, 5) is 8.66. The molecule has 5 rings (SSSR count). The number of aromatic nitrogens is 4. The van der Waals surface area contributed by atoms with Gasteiger partial charge in [-0.1, -0.05) is 22.7 Å². The van der Waals surface area contributed by atoms with Crippen LogP contribution in [0, 0.1) is 18.2 Å². The molecule has 1 fully saturated rings. The van der Waals surface area contributed by atoms with Gasteiger partial charge < -0.3 is 9.32 Å². The summed E-state index contributed by atoms with van der Waals surface area (Å²) in [5.41, 5.74) is 1.88. The third-order valence-electron chi connectivity index (χ3n) is 5.91. The number of nitrogens with zero attached hydrogens (tertiary/aromatic N) is 6. The van der Waals surface area contributed by atoms with Crippen LogP contribution in [0.2, 0.25) is 5.02 Å². The molecule has 1 aliphatic heterocycles. The smallest absolute Gasteiger partial charge is 0.265 e. The topological polar surface area (TPSA) is 109 Å². The minimum absolute atomic E-state index is 0.0241. The fraction of sp³-hybridized carbons (Fsp3) is 0.208. The van der Waals surface area contributed by atoms with E-state index >= 15 is 0 Å². The van der Waals surface area contributed by atoms with Gasteiger partial charge in [0.1, 0.15) is 22.5 Å². The van der Waals surface area contributed by atoms with E-state index in [0.717, 1.165) is 48.9 Å². The molecule has 0 spiro atoms. The van der Waals surface area contributed by atoms with Crippen molar-refractivity contribution in [1.82, 2.24) is 24.9 Å². The zero-order valence-electron chi connectivity index (χ0n) is 19.4. The monoisotopic (exact) mass is 541 g/mol. The molecule has 37 heavy (non-hydrogen) atoms. The summed E-state index contributed by atoms with van der Waals surface area (Å²) in [6, 6.07) is 5.54. The minimum Gasteiger partial charge on any atom is -0.471 e. The Balaban J connectivity index is 1.40. The number of piperazine rings is 1. The third kappa shape index (κ3) is 5.15. The fourth-order valence-electron chi connectivity index (χ4n) is 3.98. The Hall–Kier alpha value is -3.92. The van der Waals surface area contributed by atoms with Gasteiger partial charge >= 0.3 is 0 Å². The summed E-state index contributed by atoms with van der Waals surface area (Å²) in [5, 5.41) is 8.01. The number of rotatable bonds is 7. The van der Waals surface area contributed by atoms with E-state index in [1.54, 1.807) is 12.4 Å². The van der Waals surface area contributed by atoms with Crippen molar-refractivity contribution >= 4 is 33.0 Å². The highest BCUT2D eigenvalue weighted by atomic mass is 35.5. The second-order valence-electron chi connectivity index (χ2n) is 8.27. The maximum atomic E-state index is 14.8. The molecule has 1 aromatic carbocycles. The Labute approximate surface area is 217 Å². The first kappa shape index (κ1) is 24.8. The van der Waals surface area contributed by atoms with E-state index in [0.29, 0.717) is 17.8 Å². The summed E-state index contributed by atoms with van der Waals surface area (Å²) < 4.78 is 48.3. The second kappa shape index (κ2) is 10.2. The SMILES string of the molecule is C#CCN1CCN(c2cncc(-c3cn(-c4c(F)ccc(NS(=O)(=O)c5ccoc5)c4Cl)nn3)c2)CC1. The molecule has 0 saturated carbocycles. The zero-order chi connectivity index (χ0) is 26.0. The second-order valence-corrected chi connectivity index (χ2v) is 10.3. The maximum absolute atomic E-state index is 14.8. The van der Waals surface area contributed by atoms with Crippen LogP contribution in [-0.4, -0.2) is 66.0 Å². The summed E-state index contributed by atoms with van der Waals surface area (Å²) >= 11 is 6.42. The van der Waals surface area contributed by atoms with Crippen LogP contribution in [0.15, 0.2) is 64.7 Å². The Kier molecular flexibility index (Phi) is 6.84. The Morgan fingerprint density at radius 1 is 1.19 bits per heavy atom. The Bertz CT molecular complexity index is 1560. The van der Waals surface area contributed by atoms with Crippen LogP contribution >= 0.6 is 11.6 Å². The van der Waals surface area contributed by atoms with Gasteiger partial charge in [0, 0.05) is 37.9 Å². The lowest BCUT2D eigenvalue weighted by Crippen LogP contribution is -2.46. The van der Waals surface area contributed by atoms with Crippen molar-refractivity contribution < 1.29 is 17.2 Å². The van der Waals surface area contributed by atoms with Crippen LogP contribution in [0.1, 0.15) is 0 Å². The highest BCUT2D eigenvalue weighted by molar-refractivity contribution is 7.92. The average Bonchev–Trinajstić information content (AvgIpc) is 3.60. The molecule has 1 aliphatic rings. The molecule has 0 amide bonds. The number of nitrogens with one attached hydrogen (secondary N) is 1. The Morgan fingerprint density at radius 2 is 2.00 bits per heavy atom. The van der Waals surface area contributed by atoms with Crippen LogP contribution in [0.25, 0.3) is 16.9 Å². The molecule has 1 saturated heterocycles. The number of halogens is 2. The molecule has 4 heterocycles. The van der Waals surface area contributed by atoms with Crippen LogP contribution in [0.3, 0.4) is 0 Å². The number of benzene rings is 1. The van der Waals surface area contributed by atoms with Crippen molar-refractivity contribution in [2.24, 2.45) is 0 Å². The predicted octanol–water partition coefficient (Wildman–Crippen LogP) is 3.27. The first-order chi connectivity index (χ1) is 17.9. The molecule has 0 bridgehead atoms. The molecule has 3 aromatic heterocycles. The molecular formula is C24H21ClFN7O3S. The van der Waals surface area contributed by atoms with Gasteiger partial charge in [-0.15, -0.1) is 11.5 Å². The van der Waals surface area contributed by atoms with Crippen molar-refractivity contribution in [1.29, 1.82) is 0 Å². The van der Waals surface area contributed by atoms with Gasteiger partial charge in [0.05, 0.1) is 41.6 Å². The van der Waals surface area contributed by atoms with E-state index < -0.39 is 15.8 Å². The van der Waals surface area contributed by atoms with Crippen LogP contribution in [0.4, 0.5) is 15.8 Å². The van der Waals surface area contributed by atoms with Gasteiger partial charge in [0.25, 0.3) is 10.0 Å². The highest BCUT2D eigenvalue weighted by Gasteiger charge is 2.22. The number of hydrogen-bond donors (Lipinski definition) is 1. The average molecular weight is 542 g/mol. The Morgan fingerprint density at radius 3 is 2.73 bits per heavy atom. The largest absolute Gasteiger partial charge is 0.471 e. The van der Waals surface area contributed by atoms with Crippen molar-refractivity contribution in [3.63, 3.8) is 0 Å². The number of terminal acetylenes is 1. The molecule has 4 aromatic rings.